The molecule has 0 fully saturated rings. The summed E-state index contributed by atoms with van der Waals surface area (Å²) in [4.78, 5) is 12.0. The van der Waals surface area contributed by atoms with Crippen LogP contribution in [0.3, 0.4) is 0 Å². The number of hydrogen-bond donors (Lipinski definition) is 1. The number of amides is 1. The predicted octanol–water partition coefficient (Wildman–Crippen LogP) is 2.19. The minimum Gasteiger partial charge on any atom is -0.350 e. The third kappa shape index (κ3) is 4.96. The van der Waals surface area contributed by atoms with Crippen LogP contribution in [0.5, 0.6) is 0 Å². The quantitative estimate of drug-likeness (QED) is 0.845. The molecule has 0 heterocycles. The fraction of sp³-hybridized carbons (Fsp3) is 0.188. The van der Waals surface area contributed by atoms with Gasteiger partial charge in [-0.05, 0) is 29.8 Å². The molecule has 0 atom stereocenters. The molecule has 25 heavy (non-hydrogen) atoms. The molecule has 0 aliphatic heterocycles. The first-order chi connectivity index (χ1) is 11.7. The molecule has 9 heteroatoms. The Kier molecular flexibility index (Phi) is 5.68. The molecule has 2 rings (SSSR count). The third-order valence-corrected chi connectivity index (χ3v) is 4.39. The molecule has 0 bridgehead atoms. The largest absolute Gasteiger partial charge is 0.350 e. The Morgan fingerprint density at radius 1 is 1.04 bits per heavy atom. The Morgan fingerprint density at radius 2 is 1.60 bits per heavy atom. The van der Waals surface area contributed by atoms with Gasteiger partial charge in [-0.25, -0.2) is 21.6 Å². The zero-order valence-electron chi connectivity index (χ0n) is 13.2. The fourth-order valence-corrected chi connectivity index (χ4v) is 2.94. The van der Waals surface area contributed by atoms with Gasteiger partial charge in [0.2, 0.25) is 15.9 Å². The van der Waals surface area contributed by atoms with Gasteiger partial charge in [0.05, 0.1) is 6.26 Å². The zero-order valence-corrected chi connectivity index (χ0v) is 14.0. The molecular formula is C16H15F3N2O3S. The van der Waals surface area contributed by atoms with E-state index in [2.05, 4.69) is 5.32 Å². The Morgan fingerprint density at radius 3 is 2.12 bits per heavy atom. The summed E-state index contributed by atoms with van der Waals surface area (Å²) in [7, 11) is -4.10. The fourth-order valence-electron chi connectivity index (χ4n) is 2.08. The van der Waals surface area contributed by atoms with Gasteiger partial charge in [-0.1, -0.05) is 18.2 Å². The summed E-state index contributed by atoms with van der Waals surface area (Å²) in [6.45, 7) is -0.783. The van der Waals surface area contributed by atoms with Crippen LogP contribution < -0.4 is 9.62 Å². The number of hydrogen-bond acceptors (Lipinski definition) is 3. The highest BCUT2D eigenvalue weighted by Crippen LogP contribution is 2.25. The molecule has 0 radical (unpaired) electrons. The molecule has 0 aromatic heterocycles. The summed E-state index contributed by atoms with van der Waals surface area (Å²) >= 11 is 0. The van der Waals surface area contributed by atoms with Gasteiger partial charge in [0.1, 0.15) is 18.0 Å². The standard InChI is InChI=1S/C16H15F3N2O3S/c1-25(23,24)21(16-13(18)3-2-4-14(16)19)10-15(22)20-9-11-5-7-12(17)8-6-11/h2-8H,9-10H2,1H3,(H,20,22). The van der Waals surface area contributed by atoms with Gasteiger partial charge in [0.25, 0.3) is 0 Å². The number of halogens is 3. The maximum atomic E-state index is 13.9. The maximum absolute atomic E-state index is 13.9. The number of nitrogens with zero attached hydrogens (tertiary/aromatic N) is 1. The molecule has 134 valence electrons. The molecule has 0 saturated carbocycles. The molecule has 0 unspecified atom stereocenters. The van der Waals surface area contributed by atoms with Crippen LogP contribution in [-0.2, 0) is 21.4 Å². The van der Waals surface area contributed by atoms with E-state index in [1.54, 1.807) is 0 Å². The second-order valence-electron chi connectivity index (χ2n) is 5.24. The molecular weight excluding hydrogens is 357 g/mol. The first kappa shape index (κ1) is 18.8. The van der Waals surface area contributed by atoms with E-state index in [0.717, 1.165) is 24.5 Å². The lowest BCUT2D eigenvalue weighted by Gasteiger charge is -2.22. The van der Waals surface area contributed by atoms with Gasteiger partial charge in [-0.3, -0.25) is 9.10 Å². The van der Waals surface area contributed by atoms with Crippen molar-refractivity contribution in [2.24, 2.45) is 0 Å². The number of para-hydroxylation sites is 1. The average Bonchev–Trinajstić information content (AvgIpc) is 2.52. The SMILES string of the molecule is CS(=O)(=O)N(CC(=O)NCc1ccc(F)cc1)c1c(F)cccc1F. The number of carbonyl (C=O) groups excluding carboxylic acids is 1. The lowest BCUT2D eigenvalue weighted by atomic mass is 10.2. The van der Waals surface area contributed by atoms with Crippen molar-refractivity contribution < 1.29 is 26.4 Å². The summed E-state index contributed by atoms with van der Waals surface area (Å²) in [6, 6.07) is 8.18. The van der Waals surface area contributed by atoms with Crippen molar-refractivity contribution in [3.8, 4) is 0 Å². The van der Waals surface area contributed by atoms with Gasteiger partial charge in [-0.2, -0.15) is 0 Å². The third-order valence-electron chi connectivity index (χ3n) is 3.28. The van der Waals surface area contributed by atoms with Crippen LogP contribution in [0.1, 0.15) is 5.56 Å². The van der Waals surface area contributed by atoms with Crippen molar-refractivity contribution in [2.75, 3.05) is 17.1 Å². The topological polar surface area (TPSA) is 66.5 Å². The Labute approximate surface area is 143 Å². The summed E-state index contributed by atoms with van der Waals surface area (Å²) in [5, 5.41) is 2.42. The van der Waals surface area contributed by atoms with Gasteiger partial charge in [0, 0.05) is 6.54 Å². The van der Waals surface area contributed by atoms with Gasteiger partial charge >= 0.3 is 0 Å². The van der Waals surface area contributed by atoms with Crippen LogP contribution in [0.15, 0.2) is 42.5 Å². The Bertz CT molecular complexity index is 850. The van der Waals surface area contributed by atoms with E-state index < -0.39 is 45.6 Å². The predicted molar refractivity (Wildman–Crippen MR) is 86.8 cm³/mol. The molecule has 1 amide bonds. The van der Waals surface area contributed by atoms with Gasteiger partial charge in [-0.15, -0.1) is 0 Å². The van der Waals surface area contributed by atoms with Crippen LogP contribution in [0.25, 0.3) is 0 Å². The van der Waals surface area contributed by atoms with Crippen molar-refractivity contribution in [3.05, 3.63) is 65.5 Å². The summed E-state index contributed by atoms with van der Waals surface area (Å²) < 4.78 is 64.6. The van der Waals surface area contributed by atoms with Crippen LogP contribution >= 0.6 is 0 Å². The van der Waals surface area contributed by atoms with Crippen molar-refractivity contribution in [1.82, 2.24) is 5.32 Å². The molecule has 2 aromatic carbocycles. The van der Waals surface area contributed by atoms with E-state index in [9.17, 15) is 26.4 Å². The molecule has 0 aliphatic rings. The smallest absolute Gasteiger partial charge is 0.241 e. The highest BCUT2D eigenvalue weighted by molar-refractivity contribution is 7.92. The van der Waals surface area contributed by atoms with E-state index in [4.69, 9.17) is 0 Å². The van der Waals surface area contributed by atoms with Crippen molar-refractivity contribution >= 4 is 21.6 Å². The lowest BCUT2D eigenvalue weighted by molar-refractivity contribution is -0.119. The lowest BCUT2D eigenvalue weighted by Crippen LogP contribution is -2.41. The Hall–Kier alpha value is -2.55. The number of carbonyl (C=O) groups is 1. The first-order valence-electron chi connectivity index (χ1n) is 7.11. The zero-order chi connectivity index (χ0) is 18.6. The summed E-state index contributed by atoms with van der Waals surface area (Å²) in [5.41, 5.74) is -0.236. The van der Waals surface area contributed by atoms with E-state index in [-0.39, 0.29) is 6.54 Å². The maximum Gasteiger partial charge on any atom is 0.241 e. The van der Waals surface area contributed by atoms with Crippen LogP contribution in [0, 0.1) is 17.5 Å². The number of anilines is 1. The number of benzene rings is 2. The second kappa shape index (κ2) is 7.56. The van der Waals surface area contributed by atoms with E-state index in [1.807, 2.05) is 0 Å². The molecule has 0 saturated heterocycles. The first-order valence-corrected chi connectivity index (χ1v) is 8.96. The van der Waals surface area contributed by atoms with Crippen LogP contribution in [0.4, 0.5) is 18.9 Å². The van der Waals surface area contributed by atoms with Crippen molar-refractivity contribution in [2.45, 2.75) is 6.54 Å². The molecule has 0 spiro atoms. The second-order valence-corrected chi connectivity index (χ2v) is 7.15. The van der Waals surface area contributed by atoms with Gasteiger partial charge < -0.3 is 5.32 Å². The minimum absolute atomic E-state index is 0.0104. The molecule has 0 aliphatic carbocycles. The average molecular weight is 372 g/mol. The number of sulfonamides is 1. The highest BCUT2D eigenvalue weighted by atomic mass is 32.2. The van der Waals surface area contributed by atoms with Gasteiger partial charge in [0.15, 0.2) is 11.6 Å². The molecule has 1 N–H and O–H groups in total. The summed E-state index contributed by atoms with van der Waals surface area (Å²) in [5.74, 6) is -3.40. The Balaban J connectivity index is 2.15. The van der Waals surface area contributed by atoms with Crippen molar-refractivity contribution in [1.29, 1.82) is 0 Å². The van der Waals surface area contributed by atoms with Crippen LogP contribution in [-0.4, -0.2) is 27.1 Å². The van der Waals surface area contributed by atoms with Crippen molar-refractivity contribution in [3.63, 3.8) is 0 Å². The van der Waals surface area contributed by atoms with E-state index in [0.29, 0.717) is 9.87 Å². The minimum atomic E-state index is -4.10. The number of nitrogens with one attached hydrogen (secondary N) is 1. The van der Waals surface area contributed by atoms with E-state index >= 15 is 0 Å². The molecule has 2 aromatic rings. The number of rotatable bonds is 6. The molecule has 5 nitrogen and oxygen atoms in total. The van der Waals surface area contributed by atoms with E-state index in [1.165, 1.54) is 24.3 Å². The summed E-state index contributed by atoms with van der Waals surface area (Å²) in [6.07, 6.45) is 0.742. The monoisotopic (exact) mass is 372 g/mol. The highest BCUT2D eigenvalue weighted by Gasteiger charge is 2.26. The van der Waals surface area contributed by atoms with Crippen LogP contribution in [0.2, 0.25) is 0 Å². The normalized spacial score (nSPS) is 11.2.